The summed E-state index contributed by atoms with van der Waals surface area (Å²) in [6.45, 7) is 0. The van der Waals surface area contributed by atoms with Gasteiger partial charge in [0.25, 0.3) is 11.1 Å². The summed E-state index contributed by atoms with van der Waals surface area (Å²) in [5, 5.41) is 11.7. The van der Waals surface area contributed by atoms with Gasteiger partial charge >= 0.3 is 5.69 Å². The van der Waals surface area contributed by atoms with Crippen LogP contribution in [0.1, 0.15) is 10.6 Å². The Bertz CT molecular complexity index is 1060. The SMILES string of the molecule is Cn1c(=O)[nH]c(=O)c2nc(/C=C(\O)c3cccs3)c(=O)[nH]c21. The predicted octanol–water partition coefficient (Wildman–Crippen LogP) is 0.428. The summed E-state index contributed by atoms with van der Waals surface area (Å²) >= 11 is 1.30. The molecule has 3 N–H and O–H groups in total. The molecule has 112 valence electrons. The first kappa shape index (κ1) is 14.0. The Balaban J connectivity index is 2.27. The van der Waals surface area contributed by atoms with E-state index in [1.165, 1.54) is 24.5 Å². The molecule has 3 aromatic rings. The Labute approximate surface area is 126 Å². The number of nitrogens with zero attached hydrogens (tertiary/aromatic N) is 2. The number of aryl methyl sites for hydroxylation is 1. The predicted molar refractivity (Wildman–Crippen MR) is 83.0 cm³/mol. The molecule has 8 nitrogen and oxygen atoms in total. The summed E-state index contributed by atoms with van der Waals surface area (Å²) < 4.78 is 1.08. The van der Waals surface area contributed by atoms with Crippen molar-refractivity contribution >= 4 is 34.3 Å². The van der Waals surface area contributed by atoms with Gasteiger partial charge in [-0.1, -0.05) is 6.07 Å². The average molecular weight is 318 g/mol. The highest BCUT2D eigenvalue weighted by Gasteiger charge is 2.11. The molecule has 0 aliphatic carbocycles. The second-order valence-electron chi connectivity index (χ2n) is 4.47. The average Bonchev–Trinajstić information content (AvgIpc) is 3.00. The molecule has 3 heterocycles. The van der Waals surface area contributed by atoms with Crippen LogP contribution in [0.15, 0.2) is 31.9 Å². The summed E-state index contributed by atoms with van der Waals surface area (Å²) in [6.07, 6.45) is 1.18. The summed E-state index contributed by atoms with van der Waals surface area (Å²) in [5.41, 5.74) is -2.17. The van der Waals surface area contributed by atoms with Gasteiger partial charge in [0.2, 0.25) is 0 Å². The van der Waals surface area contributed by atoms with E-state index >= 15 is 0 Å². The van der Waals surface area contributed by atoms with E-state index in [1.807, 2.05) is 0 Å². The van der Waals surface area contributed by atoms with E-state index < -0.39 is 16.8 Å². The third-order valence-corrected chi connectivity index (χ3v) is 3.94. The normalized spacial score (nSPS) is 12.0. The van der Waals surface area contributed by atoms with E-state index in [0.29, 0.717) is 4.88 Å². The Hall–Kier alpha value is -2.94. The molecule has 0 aliphatic rings. The van der Waals surface area contributed by atoms with E-state index in [9.17, 15) is 19.5 Å². The maximum Gasteiger partial charge on any atom is 0.329 e. The third-order valence-electron chi connectivity index (χ3n) is 3.04. The summed E-state index contributed by atoms with van der Waals surface area (Å²) in [6, 6.07) is 3.44. The lowest BCUT2D eigenvalue weighted by Crippen LogP contribution is -2.31. The molecular weight excluding hydrogens is 308 g/mol. The molecule has 3 rings (SSSR count). The first-order valence-electron chi connectivity index (χ1n) is 6.15. The smallest absolute Gasteiger partial charge is 0.329 e. The lowest BCUT2D eigenvalue weighted by molar-refractivity contribution is 0.517. The van der Waals surface area contributed by atoms with E-state index in [4.69, 9.17) is 0 Å². The van der Waals surface area contributed by atoms with Crippen molar-refractivity contribution in [2.24, 2.45) is 7.05 Å². The van der Waals surface area contributed by atoms with Crippen LogP contribution < -0.4 is 16.8 Å². The van der Waals surface area contributed by atoms with Gasteiger partial charge in [-0.3, -0.25) is 19.1 Å². The minimum Gasteiger partial charge on any atom is -0.506 e. The molecule has 0 atom stereocenters. The van der Waals surface area contributed by atoms with Gasteiger partial charge in [-0.25, -0.2) is 9.78 Å². The van der Waals surface area contributed by atoms with Crippen LogP contribution in [0, 0.1) is 0 Å². The van der Waals surface area contributed by atoms with Crippen LogP contribution in [0.5, 0.6) is 0 Å². The standard InChI is InChI=1S/C13H10N4O4S/c1-17-10-9(12(20)16-13(17)21)14-6(11(19)15-10)5-7(18)8-3-2-4-22-8/h2-5,18H,1H3,(H,15,19)(H,16,20,21)/b7-5-. The van der Waals surface area contributed by atoms with Gasteiger partial charge in [0.05, 0.1) is 4.88 Å². The second kappa shape index (κ2) is 5.11. The number of aliphatic hydroxyl groups excluding tert-OH is 1. The maximum absolute atomic E-state index is 12.0. The van der Waals surface area contributed by atoms with Crippen LogP contribution in [0.4, 0.5) is 0 Å². The molecule has 0 amide bonds. The Morgan fingerprint density at radius 3 is 2.77 bits per heavy atom. The lowest BCUT2D eigenvalue weighted by atomic mass is 10.3. The van der Waals surface area contributed by atoms with Crippen molar-refractivity contribution in [2.75, 3.05) is 0 Å². The minimum absolute atomic E-state index is 0.0199. The first-order valence-corrected chi connectivity index (χ1v) is 7.03. The zero-order chi connectivity index (χ0) is 15.9. The number of hydrogen-bond acceptors (Lipinski definition) is 6. The molecule has 0 saturated heterocycles. The molecule has 3 aromatic heterocycles. The third kappa shape index (κ3) is 2.27. The Kier molecular flexibility index (Phi) is 3.26. The maximum atomic E-state index is 12.0. The van der Waals surface area contributed by atoms with Crippen LogP contribution >= 0.6 is 11.3 Å². The Morgan fingerprint density at radius 2 is 2.09 bits per heavy atom. The van der Waals surface area contributed by atoms with Crippen molar-refractivity contribution in [2.45, 2.75) is 0 Å². The van der Waals surface area contributed by atoms with Crippen molar-refractivity contribution < 1.29 is 5.11 Å². The number of fused-ring (bicyclic) bond motifs is 1. The molecule has 0 saturated carbocycles. The van der Waals surface area contributed by atoms with Gasteiger partial charge in [0, 0.05) is 13.1 Å². The van der Waals surface area contributed by atoms with E-state index in [2.05, 4.69) is 15.0 Å². The van der Waals surface area contributed by atoms with Crippen molar-refractivity contribution in [1.29, 1.82) is 0 Å². The van der Waals surface area contributed by atoms with Crippen LogP contribution in [0.3, 0.4) is 0 Å². The van der Waals surface area contributed by atoms with Crippen LogP contribution in [-0.4, -0.2) is 24.6 Å². The molecule has 0 fully saturated rings. The fraction of sp³-hybridized carbons (Fsp3) is 0.0769. The lowest BCUT2D eigenvalue weighted by Gasteiger charge is -2.03. The minimum atomic E-state index is -0.709. The number of H-pyrrole nitrogens is 2. The topological polar surface area (TPSA) is 121 Å². The highest BCUT2D eigenvalue weighted by Crippen LogP contribution is 2.18. The largest absolute Gasteiger partial charge is 0.506 e. The van der Waals surface area contributed by atoms with Gasteiger partial charge < -0.3 is 10.1 Å². The molecule has 0 bridgehead atoms. The molecule has 0 radical (unpaired) electrons. The highest BCUT2D eigenvalue weighted by atomic mass is 32.1. The van der Waals surface area contributed by atoms with Gasteiger partial charge in [-0.15, -0.1) is 11.3 Å². The zero-order valence-corrected chi connectivity index (χ0v) is 12.1. The number of thiophene rings is 1. The fourth-order valence-corrected chi connectivity index (χ4v) is 2.56. The number of rotatable bonds is 2. The fourth-order valence-electron chi connectivity index (χ4n) is 1.92. The van der Waals surface area contributed by atoms with Crippen molar-refractivity contribution in [3.8, 4) is 0 Å². The number of aliphatic hydroxyl groups is 1. The highest BCUT2D eigenvalue weighted by molar-refractivity contribution is 7.11. The van der Waals surface area contributed by atoms with E-state index in [0.717, 1.165) is 4.57 Å². The van der Waals surface area contributed by atoms with Gasteiger partial charge in [0.15, 0.2) is 5.52 Å². The van der Waals surface area contributed by atoms with Crippen molar-refractivity contribution in [3.05, 3.63) is 59.3 Å². The van der Waals surface area contributed by atoms with Crippen LogP contribution in [-0.2, 0) is 7.05 Å². The van der Waals surface area contributed by atoms with Crippen LogP contribution in [0.2, 0.25) is 0 Å². The van der Waals surface area contributed by atoms with Gasteiger partial charge in [-0.05, 0) is 11.4 Å². The molecule has 0 aliphatic heterocycles. The first-order chi connectivity index (χ1) is 10.5. The van der Waals surface area contributed by atoms with E-state index in [-0.39, 0.29) is 22.6 Å². The zero-order valence-electron chi connectivity index (χ0n) is 11.3. The number of aromatic nitrogens is 4. The second-order valence-corrected chi connectivity index (χ2v) is 5.42. The van der Waals surface area contributed by atoms with Crippen molar-refractivity contribution in [3.63, 3.8) is 0 Å². The summed E-state index contributed by atoms with van der Waals surface area (Å²) in [7, 11) is 1.40. The monoisotopic (exact) mass is 318 g/mol. The Morgan fingerprint density at radius 1 is 1.32 bits per heavy atom. The molecule has 0 unspecified atom stereocenters. The van der Waals surface area contributed by atoms with Gasteiger partial charge in [-0.2, -0.15) is 0 Å². The molecule has 0 spiro atoms. The molecular formula is C13H10N4O4S. The van der Waals surface area contributed by atoms with Crippen molar-refractivity contribution in [1.82, 2.24) is 19.5 Å². The molecule has 0 aromatic carbocycles. The van der Waals surface area contributed by atoms with Gasteiger partial charge in [0.1, 0.15) is 17.1 Å². The quantitative estimate of drug-likeness (QED) is 0.592. The summed E-state index contributed by atoms with van der Waals surface area (Å²) in [4.78, 5) is 44.3. The number of hydrogen-bond donors (Lipinski definition) is 3. The molecule has 22 heavy (non-hydrogen) atoms. The molecule has 9 heteroatoms. The summed E-state index contributed by atoms with van der Waals surface area (Å²) in [5.74, 6) is -0.131. The van der Waals surface area contributed by atoms with E-state index in [1.54, 1.807) is 17.5 Å². The number of nitrogens with one attached hydrogen (secondary N) is 2. The van der Waals surface area contributed by atoms with Crippen LogP contribution in [0.25, 0.3) is 23.0 Å². The number of aromatic amines is 2.